The van der Waals surface area contributed by atoms with Crippen molar-refractivity contribution in [3.05, 3.63) is 47.9 Å². The summed E-state index contributed by atoms with van der Waals surface area (Å²) in [6.45, 7) is 2.82. The van der Waals surface area contributed by atoms with Gasteiger partial charge in [-0.2, -0.15) is 0 Å². The van der Waals surface area contributed by atoms with Crippen molar-refractivity contribution < 1.29 is 4.39 Å². The summed E-state index contributed by atoms with van der Waals surface area (Å²) in [5.74, 6) is -0.193. The first-order valence-corrected chi connectivity index (χ1v) is 6.45. The minimum absolute atomic E-state index is 0.111. The minimum Gasteiger partial charge on any atom is -0.331 e. The molecule has 0 amide bonds. The van der Waals surface area contributed by atoms with Gasteiger partial charge in [-0.25, -0.2) is 4.39 Å². The smallest absolute Gasteiger partial charge is 0.132 e. The highest BCUT2D eigenvalue weighted by molar-refractivity contribution is 5.62. The van der Waals surface area contributed by atoms with Crippen LogP contribution in [0.5, 0.6) is 0 Å². The first kappa shape index (κ1) is 13.8. The fourth-order valence-corrected chi connectivity index (χ4v) is 2.18. The molecule has 1 aromatic heterocycles. The van der Waals surface area contributed by atoms with E-state index in [0.717, 1.165) is 17.8 Å². The molecule has 1 atom stereocenters. The van der Waals surface area contributed by atoms with Gasteiger partial charge in [-0.3, -0.25) is 0 Å². The monoisotopic (exact) mass is 261 g/mol. The highest BCUT2D eigenvalue weighted by Crippen LogP contribution is 2.27. The molecule has 1 unspecified atom stereocenters. The lowest BCUT2D eigenvalue weighted by atomic mass is 10.1. The van der Waals surface area contributed by atoms with Crippen LogP contribution in [0.25, 0.3) is 11.3 Å². The molecule has 1 aromatic carbocycles. The first-order chi connectivity index (χ1) is 9.17. The Balaban J connectivity index is 2.51. The van der Waals surface area contributed by atoms with E-state index in [1.54, 1.807) is 6.07 Å². The second-order valence-electron chi connectivity index (χ2n) is 4.62. The van der Waals surface area contributed by atoms with Gasteiger partial charge < -0.3 is 15.2 Å². The van der Waals surface area contributed by atoms with Crippen molar-refractivity contribution in [2.24, 2.45) is 0 Å². The summed E-state index contributed by atoms with van der Waals surface area (Å²) >= 11 is 0. The van der Waals surface area contributed by atoms with Crippen LogP contribution in [0.4, 0.5) is 4.39 Å². The molecule has 19 heavy (non-hydrogen) atoms. The molecule has 0 bridgehead atoms. The first-order valence-electron chi connectivity index (χ1n) is 6.45. The molecule has 3 nitrogen and oxygen atoms in total. The molecule has 2 N–H and O–H groups in total. The maximum absolute atomic E-state index is 14.0. The number of benzene rings is 1. The molecule has 0 fully saturated rings. The topological polar surface area (TPSA) is 29.0 Å². The number of hydrogen-bond acceptors (Lipinski definition) is 2. The van der Waals surface area contributed by atoms with E-state index >= 15 is 0 Å². The van der Waals surface area contributed by atoms with Crippen molar-refractivity contribution >= 4 is 0 Å². The second kappa shape index (κ2) is 5.99. The summed E-state index contributed by atoms with van der Waals surface area (Å²) in [5.41, 5.74) is 2.67. The Hall–Kier alpha value is -1.65. The van der Waals surface area contributed by atoms with E-state index in [1.165, 1.54) is 6.07 Å². The Bertz CT molecular complexity index is 548. The Morgan fingerprint density at radius 1 is 1.26 bits per heavy atom. The number of halogens is 1. The highest BCUT2D eigenvalue weighted by Gasteiger charge is 2.14. The van der Waals surface area contributed by atoms with E-state index < -0.39 is 0 Å². The van der Waals surface area contributed by atoms with Crippen LogP contribution in [-0.2, 0) is 6.54 Å². The van der Waals surface area contributed by atoms with Crippen LogP contribution >= 0.6 is 0 Å². The third-order valence-electron chi connectivity index (χ3n) is 3.27. The zero-order valence-corrected chi connectivity index (χ0v) is 11.6. The molecule has 0 aliphatic heterocycles. The zero-order chi connectivity index (χ0) is 13.8. The van der Waals surface area contributed by atoms with Crippen molar-refractivity contribution in [2.45, 2.75) is 19.6 Å². The molecule has 0 saturated heterocycles. The molecule has 0 aliphatic rings. The van der Waals surface area contributed by atoms with E-state index in [1.807, 2.05) is 39.2 Å². The van der Waals surface area contributed by atoms with Crippen molar-refractivity contribution in [3.63, 3.8) is 0 Å². The summed E-state index contributed by atoms with van der Waals surface area (Å²) in [6.07, 6.45) is 2.17. The highest BCUT2D eigenvalue weighted by atomic mass is 19.1. The Morgan fingerprint density at radius 2 is 2.00 bits per heavy atom. The molecule has 0 aliphatic carbocycles. The molecule has 2 aromatic rings. The van der Waals surface area contributed by atoms with Crippen LogP contribution < -0.4 is 10.6 Å². The molecule has 1 heterocycles. The molecule has 2 rings (SSSR count). The fourth-order valence-electron chi connectivity index (χ4n) is 2.18. The summed E-state index contributed by atoms with van der Waals surface area (Å²) in [6, 6.07) is 8.91. The van der Waals surface area contributed by atoms with E-state index in [0.29, 0.717) is 5.56 Å². The largest absolute Gasteiger partial charge is 0.331 e. The van der Waals surface area contributed by atoms with Gasteiger partial charge in [-0.15, -0.1) is 0 Å². The Labute approximate surface area is 113 Å². The average Bonchev–Trinajstić information content (AvgIpc) is 2.82. The van der Waals surface area contributed by atoms with Crippen LogP contribution in [-0.4, -0.2) is 18.7 Å². The van der Waals surface area contributed by atoms with E-state index in [2.05, 4.69) is 21.4 Å². The lowest BCUT2D eigenvalue weighted by molar-refractivity contribution is 0.481. The molecule has 0 saturated carbocycles. The maximum atomic E-state index is 14.0. The van der Waals surface area contributed by atoms with Gasteiger partial charge >= 0.3 is 0 Å². The van der Waals surface area contributed by atoms with Crippen LogP contribution in [0, 0.1) is 5.82 Å². The second-order valence-corrected chi connectivity index (χ2v) is 4.62. The number of nitrogens with zero attached hydrogens (tertiary/aromatic N) is 1. The molecular weight excluding hydrogens is 241 g/mol. The summed E-state index contributed by atoms with van der Waals surface area (Å²) in [5, 5.41) is 6.31. The maximum Gasteiger partial charge on any atom is 0.132 e. The Morgan fingerprint density at radius 3 is 2.63 bits per heavy atom. The lowest BCUT2D eigenvalue weighted by Gasteiger charge is -2.17. The van der Waals surface area contributed by atoms with Crippen LogP contribution in [0.15, 0.2) is 36.5 Å². The molecule has 102 valence electrons. The van der Waals surface area contributed by atoms with Crippen molar-refractivity contribution in [1.29, 1.82) is 0 Å². The molecule has 0 radical (unpaired) electrons. The lowest BCUT2D eigenvalue weighted by Crippen LogP contribution is -2.20. The Kier molecular flexibility index (Phi) is 4.35. The van der Waals surface area contributed by atoms with Crippen LogP contribution in [0.2, 0.25) is 0 Å². The summed E-state index contributed by atoms with van der Waals surface area (Å²) in [4.78, 5) is 0. The van der Waals surface area contributed by atoms with Gasteiger partial charge in [0.25, 0.3) is 0 Å². The fraction of sp³-hybridized carbons (Fsp3) is 0.333. The van der Waals surface area contributed by atoms with Gasteiger partial charge in [0.2, 0.25) is 0 Å². The minimum atomic E-state index is -0.193. The standard InChI is InChI=1S/C15H20FN3/c1-11(18-3)19-10-12(9-17-2)8-15(19)13-6-4-5-7-14(13)16/h4-8,10-11,17-18H,9H2,1-3H3. The van der Waals surface area contributed by atoms with Gasteiger partial charge in [-0.05, 0) is 44.8 Å². The van der Waals surface area contributed by atoms with Gasteiger partial charge in [0.1, 0.15) is 5.82 Å². The number of hydrogen-bond donors (Lipinski definition) is 2. The van der Waals surface area contributed by atoms with Crippen LogP contribution in [0.3, 0.4) is 0 Å². The van der Waals surface area contributed by atoms with E-state index in [-0.39, 0.29) is 12.0 Å². The zero-order valence-electron chi connectivity index (χ0n) is 11.6. The molecule has 0 spiro atoms. The van der Waals surface area contributed by atoms with Gasteiger partial charge in [-0.1, -0.05) is 12.1 Å². The number of aromatic nitrogens is 1. The predicted octanol–water partition coefficient (Wildman–Crippen LogP) is 2.75. The van der Waals surface area contributed by atoms with Crippen LogP contribution in [0.1, 0.15) is 18.7 Å². The third-order valence-corrected chi connectivity index (χ3v) is 3.27. The molecular formula is C15H20FN3. The third kappa shape index (κ3) is 2.85. The number of nitrogens with one attached hydrogen (secondary N) is 2. The van der Waals surface area contributed by atoms with Gasteiger partial charge in [0.15, 0.2) is 0 Å². The normalized spacial score (nSPS) is 12.6. The molecule has 4 heteroatoms. The average molecular weight is 261 g/mol. The van der Waals surface area contributed by atoms with Gasteiger partial charge in [0, 0.05) is 18.3 Å². The predicted molar refractivity (Wildman–Crippen MR) is 76.4 cm³/mol. The summed E-state index contributed by atoms with van der Waals surface area (Å²) < 4.78 is 16.0. The summed E-state index contributed by atoms with van der Waals surface area (Å²) in [7, 11) is 3.80. The van der Waals surface area contributed by atoms with E-state index in [9.17, 15) is 4.39 Å². The quantitative estimate of drug-likeness (QED) is 0.866. The van der Waals surface area contributed by atoms with Gasteiger partial charge in [0.05, 0.1) is 11.9 Å². The van der Waals surface area contributed by atoms with Crippen molar-refractivity contribution in [3.8, 4) is 11.3 Å². The SMILES string of the molecule is CNCc1cc(-c2ccccc2F)n(C(C)NC)c1. The number of rotatable bonds is 5. The van der Waals surface area contributed by atoms with Crippen molar-refractivity contribution in [2.75, 3.05) is 14.1 Å². The van der Waals surface area contributed by atoms with Crippen molar-refractivity contribution in [1.82, 2.24) is 15.2 Å². The van der Waals surface area contributed by atoms with E-state index in [4.69, 9.17) is 0 Å².